The van der Waals surface area contributed by atoms with E-state index in [2.05, 4.69) is 5.10 Å². The van der Waals surface area contributed by atoms with Crippen molar-refractivity contribution in [2.24, 2.45) is 18.2 Å². The quantitative estimate of drug-likeness (QED) is 0.925. The Bertz CT molecular complexity index is 583. The van der Waals surface area contributed by atoms with E-state index in [1.54, 1.807) is 4.68 Å². The zero-order chi connectivity index (χ0) is 14.3. The molecule has 1 atom stereocenters. The normalized spacial score (nSPS) is 15.7. The third-order valence-electron chi connectivity index (χ3n) is 3.95. The number of fused-ring (bicyclic) bond motifs is 1. The molecule has 0 aliphatic heterocycles. The highest BCUT2D eigenvalue weighted by Gasteiger charge is 2.42. The van der Waals surface area contributed by atoms with Gasteiger partial charge in [0.05, 0.1) is 11.2 Å². The van der Waals surface area contributed by atoms with Crippen LogP contribution in [-0.4, -0.2) is 22.0 Å². The van der Waals surface area contributed by atoms with Crippen LogP contribution in [0.1, 0.15) is 26.5 Å². The second-order valence-corrected chi connectivity index (χ2v) is 6.18. The Hall–Kier alpha value is -1.42. The van der Waals surface area contributed by atoms with Crippen LogP contribution >= 0.6 is 0 Å². The summed E-state index contributed by atoms with van der Waals surface area (Å²) in [5.41, 5.74) is 5.51. The van der Waals surface area contributed by atoms with Crippen molar-refractivity contribution in [1.29, 1.82) is 0 Å². The fourth-order valence-electron chi connectivity index (χ4n) is 2.33. The first-order valence-corrected chi connectivity index (χ1v) is 6.58. The molecule has 1 aromatic heterocycles. The molecule has 1 unspecified atom stereocenters. The Balaban J connectivity index is 2.46. The maximum Gasteiger partial charge on any atom is 0.133 e. The molecule has 0 amide bonds. The van der Waals surface area contributed by atoms with Crippen molar-refractivity contribution in [3.05, 3.63) is 30.0 Å². The summed E-state index contributed by atoms with van der Waals surface area (Å²) >= 11 is 0. The fraction of sp³-hybridized carbons (Fsp3) is 0.533. The number of alkyl halides is 1. The third kappa shape index (κ3) is 2.37. The lowest BCUT2D eigenvalue weighted by atomic mass is 9.75. The van der Waals surface area contributed by atoms with Crippen molar-refractivity contribution < 1.29 is 4.39 Å². The highest BCUT2D eigenvalue weighted by molar-refractivity contribution is 5.81. The number of para-hydroxylation sites is 1. The van der Waals surface area contributed by atoms with E-state index in [-0.39, 0.29) is 13.0 Å². The van der Waals surface area contributed by atoms with Crippen molar-refractivity contribution in [3.63, 3.8) is 0 Å². The molecule has 3 nitrogen and oxygen atoms in total. The van der Waals surface area contributed by atoms with E-state index in [4.69, 9.17) is 5.73 Å². The van der Waals surface area contributed by atoms with Gasteiger partial charge >= 0.3 is 0 Å². The highest BCUT2D eigenvalue weighted by Crippen LogP contribution is 2.37. The molecule has 2 N–H and O–H groups in total. The Morgan fingerprint density at radius 1 is 1.26 bits per heavy atom. The molecule has 0 saturated heterocycles. The highest BCUT2D eigenvalue weighted by atomic mass is 19.1. The van der Waals surface area contributed by atoms with Crippen molar-refractivity contribution in [1.82, 2.24) is 9.78 Å². The number of benzene rings is 1. The SMILES string of the molecule is Cn1nc(CC(F)(CN)C(C)(C)C)c2ccccc21. The predicted molar refractivity (Wildman–Crippen MR) is 76.8 cm³/mol. The molecule has 0 aliphatic rings. The molecule has 4 heteroatoms. The van der Waals surface area contributed by atoms with E-state index >= 15 is 4.39 Å². The molecule has 0 bridgehead atoms. The molecule has 1 aromatic carbocycles. The summed E-state index contributed by atoms with van der Waals surface area (Å²) in [6.07, 6.45) is 0.244. The molecule has 2 aromatic rings. The predicted octanol–water partition coefficient (Wildman–Crippen LogP) is 2.83. The number of hydrogen-bond donors (Lipinski definition) is 1. The van der Waals surface area contributed by atoms with Crippen LogP contribution in [0.5, 0.6) is 0 Å². The van der Waals surface area contributed by atoms with Gasteiger partial charge in [0.2, 0.25) is 0 Å². The van der Waals surface area contributed by atoms with Gasteiger partial charge in [-0.3, -0.25) is 4.68 Å². The number of nitrogens with two attached hydrogens (primary N) is 1. The zero-order valence-electron chi connectivity index (χ0n) is 12.1. The Labute approximate surface area is 113 Å². The number of halogens is 1. The van der Waals surface area contributed by atoms with Gasteiger partial charge in [-0.05, 0) is 11.5 Å². The summed E-state index contributed by atoms with van der Waals surface area (Å²) in [4.78, 5) is 0. The topological polar surface area (TPSA) is 43.8 Å². The van der Waals surface area contributed by atoms with Gasteiger partial charge in [0.15, 0.2) is 0 Å². The van der Waals surface area contributed by atoms with Gasteiger partial charge in [0.1, 0.15) is 5.67 Å². The minimum Gasteiger partial charge on any atom is -0.327 e. The molecule has 1 heterocycles. The maximum atomic E-state index is 15.1. The lowest BCUT2D eigenvalue weighted by Crippen LogP contribution is -2.47. The average Bonchev–Trinajstić information content (AvgIpc) is 2.65. The van der Waals surface area contributed by atoms with Crippen LogP contribution in [-0.2, 0) is 13.5 Å². The van der Waals surface area contributed by atoms with Crippen molar-refractivity contribution in [2.45, 2.75) is 32.9 Å². The molecular weight excluding hydrogens is 241 g/mol. The average molecular weight is 263 g/mol. The largest absolute Gasteiger partial charge is 0.327 e. The van der Waals surface area contributed by atoms with Crippen molar-refractivity contribution >= 4 is 10.9 Å². The summed E-state index contributed by atoms with van der Waals surface area (Å²) in [6, 6.07) is 7.89. The number of rotatable bonds is 3. The van der Waals surface area contributed by atoms with Gasteiger partial charge in [0.25, 0.3) is 0 Å². The molecule has 0 radical (unpaired) electrons. The molecular formula is C15H22FN3. The van der Waals surface area contributed by atoms with E-state index in [1.807, 2.05) is 52.1 Å². The van der Waals surface area contributed by atoms with Crippen LogP contribution in [0.2, 0.25) is 0 Å². The molecule has 0 aliphatic carbocycles. The van der Waals surface area contributed by atoms with E-state index in [0.717, 1.165) is 16.6 Å². The smallest absolute Gasteiger partial charge is 0.133 e. The monoisotopic (exact) mass is 263 g/mol. The van der Waals surface area contributed by atoms with Gasteiger partial charge in [-0.15, -0.1) is 0 Å². The summed E-state index contributed by atoms with van der Waals surface area (Å²) in [7, 11) is 1.88. The summed E-state index contributed by atoms with van der Waals surface area (Å²) in [5.74, 6) is 0. The summed E-state index contributed by atoms with van der Waals surface area (Å²) < 4.78 is 16.9. The number of hydrogen-bond acceptors (Lipinski definition) is 2. The second-order valence-electron chi connectivity index (χ2n) is 6.18. The standard InChI is InChI=1S/C15H22FN3/c1-14(2,3)15(16,10-17)9-12-11-7-5-6-8-13(11)19(4)18-12/h5-8H,9-10,17H2,1-4H3. The van der Waals surface area contributed by atoms with Crippen LogP contribution in [0.3, 0.4) is 0 Å². The Morgan fingerprint density at radius 2 is 1.89 bits per heavy atom. The van der Waals surface area contributed by atoms with Crippen molar-refractivity contribution in [3.8, 4) is 0 Å². The molecule has 2 rings (SSSR count). The molecule has 104 valence electrons. The van der Waals surface area contributed by atoms with Crippen LogP contribution in [0.25, 0.3) is 10.9 Å². The lowest BCUT2D eigenvalue weighted by Gasteiger charge is -2.36. The van der Waals surface area contributed by atoms with E-state index in [1.165, 1.54) is 0 Å². The Morgan fingerprint density at radius 3 is 2.47 bits per heavy atom. The minimum absolute atomic E-state index is 0.00139. The Kier molecular flexibility index (Phi) is 3.39. The first-order valence-electron chi connectivity index (χ1n) is 6.58. The minimum atomic E-state index is -1.45. The first kappa shape index (κ1) is 14.0. The van der Waals surface area contributed by atoms with Crippen LogP contribution in [0.15, 0.2) is 24.3 Å². The van der Waals surface area contributed by atoms with Gasteiger partial charge in [-0.1, -0.05) is 39.0 Å². The second kappa shape index (κ2) is 4.60. The third-order valence-corrected chi connectivity index (χ3v) is 3.95. The first-order chi connectivity index (χ1) is 8.78. The molecule has 0 saturated carbocycles. The lowest BCUT2D eigenvalue weighted by molar-refractivity contribution is 0.0375. The zero-order valence-corrected chi connectivity index (χ0v) is 12.1. The number of nitrogens with zero attached hydrogens (tertiary/aromatic N) is 2. The van der Waals surface area contributed by atoms with Gasteiger partial charge in [-0.25, -0.2) is 4.39 Å². The molecule has 19 heavy (non-hydrogen) atoms. The van der Waals surface area contributed by atoms with E-state index in [0.29, 0.717) is 0 Å². The summed E-state index contributed by atoms with van der Waals surface area (Å²) in [5, 5.41) is 5.46. The van der Waals surface area contributed by atoms with Gasteiger partial charge in [-0.2, -0.15) is 5.10 Å². The van der Waals surface area contributed by atoms with Crippen molar-refractivity contribution in [2.75, 3.05) is 6.54 Å². The van der Waals surface area contributed by atoms with Gasteiger partial charge in [0, 0.05) is 25.4 Å². The molecule has 0 fully saturated rings. The van der Waals surface area contributed by atoms with Crippen LogP contribution in [0.4, 0.5) is 4.39 Å². The number of aryl methyl sites for hydroxylation is 1. The van der Waals surface area contributed by atoms with Crippen LogP contribution < -0.4 is 5.73 Å². The molecule has 0 spiro atoms. The number of aromatic nitrogens is 2. The fourth-order valence-corrected chi connectivity index (χ4v) is 2.33. The van der Waals surface area contributed by atoms with E-state index in [9.17, 15) is 0 Å². The van der Waals surface area contributed by atoms with Gasteiger partial charge < -0.3 is 5.73 Å². The maximum absolute atomic E-state index is 15.1. The van der Waals surface area contributed by atoms with Crippen LogP contribution in [0, 0.1) is 5.41 Å². The summed E-state index contributed by atoms with van der Waals surface area (Å²) in [6.45, 7) is 5.64. The van der Waals surface area contributed by atoms with E-state index < -0.39 is 11.1 Å².